The maximum Gasteiger partial charge on any atom is 0.160 e. The molecule has 7 rings (SSSR count). The van der Waals surface area contributed by atoms with E-state index in [1.165, 1.54) is 42.6 Å². The average Bonchev–Trinajstić information content (AvgIpc) is 3.13. The average molecular weight is 480 g/mol. The summed E-state index contributed by atoms with van der Waals surface area (Å²) in [6, 6.07) is 4.41. The largest absolute Gasteiger partial charge is 0.390 e. The van der Waals surface area contributed by atoms with Crippen LogP contribution in [0.1, 0.15) is 65.7 Å². The molecule has 0 saturated heterocycles. The number of nitrogens with zero attached hydrogens (tertiary/aromatic N) is 3. The third-order valence-corrected chi connectivity index (χ3v) is 11.6. The van der Waals surface area contributed by atoms with Gasteiger partial charge in [-0.15, -0.1) is 0 Å². The maximum absolute atomic E-state index is 13.9. The highest BCUT2D eigenvalue weighted by Gasteiger charge is 2.74. The van der Waals surface area contributed by atoms with Crippen molar-refractivity contribution in [2.45, 2.75) is 77.9 Å². The first-order chi connectivity index (χ1) is 16.7. The van der Waals surface area contributed by atoms with Gasteiger partial charge in [-0.1, -0.05) is 13.8 Å². The summed E-state index contributed by atoms with van der Waals surface area (Å²) in [6.45, 7) is 7.01. The zero-order chi connectivity index (χ0) is 24.3. The van der Waals surface area contributed by atoms with E-state index >= 15 is 0 Å². The fourth-order valence-corrected chi connectivity index (χ4v) is 10.3. The Hall–Kier alpha value is -1.82. The molecule has 0 radical (unpaired) electrons. The summed E-state index contributed by atoms with van der Waals surface area (Å²) < 4.78 is 13.6. The molecular weight excluding hydrogens is 441 g/mol. The molecular formula is C29H38FN3O2. The number of ketones is 1. The molecule has 5 saturated carbocycles. The van der Waals surface area contributed by atoms with Crippen LogP contribution in [0.5, 0.6) is 0 Å². The van der Waals surface area contributed by atoms with Gasteiger partial charge in [-0.2, -0.15) is 15.0 Å². The Morgan fingerprint density at radius 3 is 2.66 bits per heavy atom. The molecule has 5 nitrogen and oxygen atoms in total. The Morgan fingerprint density at radius 2 is 1.83 bits per heavy atom. The van der Waals surface area contributed by atoms with Crippen molar-refractivity contribution >= 4 is 16.8 Å². The van der Waals surface area contributed by atoms with E-state index in [0.29, 0.717) is 40.6 Å². The van der Waals surface area contributed by atoms with Gasteiger partial charge in [-0.05, 0) is 117 Å². The highest BCUT2D eigenvalue weighted by atomic mass is 19.1. The minimum atomic E-state index is -0.477. The van der Waals surface area contributed by atoms with Gasteiger partial charge in [-0.3, -0.25) is 4.79 Å². The molecule has 0 bridgehead atoms. The number of Topliss-reactive ketones (excluding diaryl/α,β-unsaturated/α-hetero) is 1. The first-order valence-corrected chi connectivity index (χ1v) is 13.9. The predicted octanol–water partition coefficient (Wildman–Crippen LogP) is 5.26. The summed E-state index contributed by atoms with van der Waals surface area (Å²) in [5.41, 5.74) is 0.743. The van der Waals surface area contributed by atoms with E-state index in [0.717, 1.165) is 37.0 Å². The molecule has 0 unspecified atom stereocenters. The molecule has 2 aromatic rings. The molecule has 5 fully saturated rings. The topological polar surface area (TPSA) is 68.0 Å². The van der Waals surface area contributed by atoms with Crippen molar-refractivity contribution in [2.24, 2.45) is 58.7 Å². The lowest BCUT2D eigenvalue weighted by Crippen LogP contribution is -2.52. The molecule has 1 aromatic heterocycles. The summed E-state index contributed by atoms with van der Waals surface area (Å²) >= 11 is 0. The van der Waals surface area contributed by atoms with Crippen molar-refractivity contribution in [2.75, 3.05) is 0 Å². The number of hydrogen-bond donors (Lipinski definition) is 1. The predicted molar refractivity (Wildman–Crippen MR) is 131 cm³/mol. The lowest BCUT2D eigenvalue weighted by atomic mass is 9.47. The molecule has 0 aliphatic heterocycles. The van der Waals surface area contributed by atoms with E-state index < -0.39 is 5.60 Å². The summed E-state index contributed by atoms with van der Waals surface area (Å²) in [7, 11) is 0. The van der Waals surface area contributed by atoms with Crippen LogP contribution in [0.15, 0.2) is 18.2 Å². The van der Waals surface area contributed by atoms with Crippen LogP contribution in [0.2, 0.25) is 0 Å². The molecule has 188 valence electrons. The van der Waals surface area contributed by atoms with Crippen LogP contribution >= 0.6 is 0 Å². The Kier molecular flexibility index (Phi) is 4.71. The molecule has 11 atom stereocenters. The molecule has 5 aliphatic carbocycles. The van der Waals surface area contributed by atoms with Gasteiger partial charge in [0.1, 0.15) is 23.4 Å². The molecule has 5 aliphatic rings. The number of carbonyl (C=O) groups excluding carboxylic acids is 1. The lowest BCUT2D eigenvalue weighted by Gasteiger charge is -2.58. The number of aliphatic hydroxyl groups is 1. The Bertz CT molecular complexity index is 1190. The normalized spacial score (nSPS) is 48.1. The molecule has 1 heterocycles. The second-order valence-corrected chi connectivity index (χ2v) is 13.5. The zero-order valence-corrected chi connectivity index (χ0v) is 21.2. The Labute approximate surface area is 206 Å². The van der Waals surface area contributed by atoms with Crippen LogP contribution in [0.4, 0.5) is 4.39 Å². The third-order valence-electron chi connectivity index (χ3n) is 11.6. The summed E-state index contributed by atoms with van der Waals surface area (Å²) in [4.78, 5) is 15.4. The second-order valence-electron chi connectivity index (χ2n) is 13.5. The molecule has 0 spiro atoms. The van der Waals surface area contributed by atoms with Crippen molar-refractivity contribution in [3.05, 3.63) is 24.0 Å². The monoisotopic (exact) mass is 479 g/mol. The summed E-state index contributed by atoms with van der Waals surface area (Å²) in [5.74, 6) is 5.46. The maximum atomic E-state index is 13.9. The molecule has 1 N–H and O–H groups in total. The fraction of sp³-hybridized carbons (Fsp3) is 0.759. The Balaban J connectivity index is 1.14. The van der Waals surface area contributed by atoms with Crippen LogP contribution in [-0.4, -0.2) is 31.5 Å². The molecule has 35 heavy (non-hydrogen) atoms. The molecule has 1 aromatic carbocycles. The Morgan fingerprint density at radius 1 is 1.06 bits per heavy atom. The van der Waals surface area contributed by atoms with Crippen molar-refractivity contribution < 1.29 is 14.3 Å². The number of hydrogen-bond acceptors (Lipinski definition) is 4. The van der Waals surface area contributed by atoms with Crippen LogP contribution in [-0.2, 0) is 11.3 Å². The van der Waals surface area contributed by atoms with Gasteiger partial charge in [0.2, 0.25) is 0 Å². The highest BCUT2D eigenvalue weighted by Crippen LogP contribution is 2.76. The minimum absolute atomic E-state index is 0.0752. The van der Waals surface area contributed by atoms with Crippen molar-refractivity contribution in [1.29, 1.82) is 0 Å². The van der Waals surface area contributed by atoms with Gasteiger partial charge in [0.05, 0.1) is 5.60 Å². The first kappa shape index (κ1) is 22.4. The number of fused-ring (bicyclic) bond motifs is 8. The third kappa shape index (κ3) is 3.24. The van der Waals surface area contributed by atoms with E-state index in [1.807, 2.05) is 6.92 Å². The SMILES string of the molecule is C[C@H]1[C@@H]2[C@H]1[C@H](C(=O)Cn1nc3ccc(F)cc3n1)[C@@]1(C)CC[C@H]3[C@@H](CC[C@@H]4C[C@](C)(O)CC[C@@H]43)[C@H]21. The van der Waals surface area contributed by atoms with E-state index in [-0.39, 0.29) is 29.5 Å². The minimum Gasteiger partial charge on any atom is -0.390 e. The van der Waals surface area contributed by atoms with Crippen molar-refractivity contribution in [3.8, 4) is 0 Å². The van der Waals surface area contributed by atoms with Gasteiger partial charge < -0.3 is 5.11 Å². The smallest absolute Gasteiger partial charge is 0.160 e. The molecule has 6 heteroatoms. The van der Waals surface area contributed by atoms with Gasteiger partial charge >= 0.3 is 0 Å². The zero-order valence-electron chi connectivity index (χ0n) is 21.2. The van der Waals surface area contributed by atoms with Crippen molar-refractivity contribution in [1.82, 2.24) is 15.0 Å². The summed E-state index contributed by atoms with van der Waals surface area (Å²) in [5, 5.41) is 19.6. The number of rotatable bonds is 3. The quantitative estimate of drug-likeness (QED) is 0.652. The van der Waals surface area contributed by atoms with E-state index in [1.54, 1.807) is 6.07 Å². The highest BCUT2D eigenvalue weighted by molar-refractivity contribution is 5.83. The number of carbonyl (C=O) groups is 1. The number of benzene rings is 1. The van der Waals surface area contributed by atoms with Gasteiger partial charge in [-0.25, -0.2) is 4.39 Å². The van der Waals surface area contributed by atoms with Gasteiger partial charge in [0, 0.05) is 12.0 Å². The van der Waals surface area contributed by atoms with Gasteiger partial charge in [0.25, 0.3) is 0 Å². The first-order valence-electron chi connectivity index (χ1n) is 13.9. The van der Waals surface area contributed by atoms with Crippen LogP contribution in [0.3, 0.4) is 0 Å². The van der Waals surface area contributed by atoms with E-state index in [9.17, 15) is 14.3 Å². The van der Waals surface area contributed by atoms with E-state index in [4.69, 9.17) is 0 Å². The standard InChI is InChI=1S/C29H38FN3O2/c1-15-24-25(15)27(23(34)14-33-31-21-7-5-17(30)12-22(21)32-33)29(3)11-9-19-18-8-10-28(2,35)13-16(18)4-6-20(19)26(24)29/h5,7,12,15-16,18-20,24-27,35H,4,6,8-11,13-14H2,1-3H3/t15-,16+,18-,19+,20+,24+,25-,26+,27-,28+,29-/m0/s1. The summed E-state index contributed by atoms with van der Waals surface area (Å²) in [6.07, 6.45) is 8.00. The van der Waals surface area contributed by atoms with Gasteiger partial charge in [0.15, 0.2) is 5.78 Å². The van der Waals surface area contributed by atoms with Crippen LogP contribution < -0.4 is 0 Å². The van der Waals surface area contributed by atoms with Crippen LogP contribution in [0, 0.1) is 64.5 Å². The lowest BCUT2D eigenvalue weighted by molar-refractivity contribution is -0.137. The molecule has 0 amide bonds. The number of halogens is 1. The van der Waals surface area contributed by atoms with Crippen LogP contribution in [0.25, 0.3) is 11.0 Å². The second kappa shape index (κ2) is 7.36. The fourth-order valence-electron chi connectivity index (χ4n) is 10.3. The van der Waals surface area contributed by atoms with Crippen molar-refractivity contribution in [3.63, 3.8) is 0 Å². The number of aromatic nitrogens is 3. The van der Waals surface area contributed by atoms with E-state index in [2.05, 4.69) is 24.0 Å².